The second-order valence-electron chi connectivity index (χ2n) is 4.60. The molecule has 0 aromatic heterocycles. The van der Waals surface area contributed by atoms with Crippen LogP contribution in [0.5, 0.6) is 11.5 Å². The smallest absolute Gasteiger partial charge is 0.384 e. The molecule has 0 bridgehead atoms. The number of alkyl halides is 6. The summed E-state index contributed by atoms with van der Waals surface area (Å²) < 4.78 is 10.4. The predicted molar refractivity (Wildman–Crippen MR) is 131 cm³/mol. The Balaban J connectivity index is 2.33. The number of para-hydroxylation sites is 2. The lowest BCUT2D eigenvalue weighted by molar-refractivity contribution is 0.499. The van der Waals surface area contributed by atoms with E-state index in [4.69, 9.17) is 32.1 Å². The van der Waals surface area contributed by atoms with E-state index in [9.17, 15) is 0 Å². The molecule has 0 atom stereocenters. The van der Waals surface area contributed by atoms with Gasteiger partial charge in [-0.2, -0.15) is 0 Å². The maximum atomic E-state index is 6.44. The van der Waals surface area contributed by atoms with E-state index in [0.717, 1.165) is 11.1 Å². The lowest BCUT2D eigenvalue weighted by atomic mass is 10.2. The molecule has 0 unspecified atom stereocenters. The van der Waals surface area contributed by atoms with Crippen LogP contribution in [-0.4, -0.2) is 0 Å². The Bertz CT molecular complexity index is 745. The Morgan fingerprint density at radius 3 is 1.36 bits per heavy atom. The van der Waals surface area contributed by atoms with Gasteiger partial charge in [-0.05, 0) is 23.4 Å². The minimum atomic E-state index is -3.15. The van der Waals surface area contributed by atoms with Gasteiger partial charge in [-0.15, -0.1) is 0 Å². The van der Waals surface area contributed by atoms with Crippen LogP contribution in [0.25, 0.3) is 0 Å². The first-order valence-electron chi connectivity index (χ1n) is 6.41. The molecule has 11 heteroatoms. The lowest BCUT2D eigenvalue weighted by Gasteiger charge is -2.24. The number of hydrogen-bond acceptors (Lipinski definition) is 3. The molecule has 0 radical (unpaired) electrons. The van der Waals surface area contributed by atoms with Crippen LogP contribution in [0, 0.1) is 0 Å². The quantitative estimate of drug-likeness (QED) is 0.228. The van der Waals surface area contributed by atoms with Crippen LogP contribution in [0.15, 0.2) is 48.5 Å². The van der Waals surface area contributed by atoms with Crippen molar-refractivity contribution in [3.05, 3.63) is 59.7 Å². The van der Waals surface area contributed by atoms with E-state index in [-0.39, 0.29) is 0 Å². The van der Waals surface area contributed by atoms with E-state index in [2.05, 4.69) is 95.6 Å². The summed E-state index contributed by atoms with van der Waals surface area (Å²) in [5.41, 5.74) is 1.55. The average Bonchev–Trinajstić information content (AvgIpc) is 2.45. The highest BCUT2D eigenvalue weighted by Crippen LogP contribution is 2.59. The number of rotatable bonds is 4. The molecule has 0 fully saturated rings. The van der Waals surface area contributed by atoms with E-state index in [1.54, 1.807) is 12.1 Å². The van der Waals surface area contributed by atoms with Gasteiger partial charge < -0.3 is 9.05 Å². The minimum absolute atomic E-state index is 0.506. The summed E-state index contributed by atoms with van der Waals surface area (Å²) in [6, 6.07) is 14.7. The summed E-state index contributed by atoms with van der Waals surface area (Å²) in [7, 11) is 0. The van der Waals surface area contributed by atoms with Crippen molar-refractivity contribution in [2.75, 3.05) is 0 Å². The zero-order chi connectivity index (χ0) is 18.9. The van der Waals surface area contributed by atoms with Gasteiger partial charge in [-0.25, -0.2) is 0 Å². The molecule has 0 saturated heterocycles. The molecule has 136 valence electrons. The van der Waals surface area contributed by atoms with Crippen molar-refractivity contribution < 1.29 is 9.05 Å². The topological polar surface area (TPSA) is 18.5 Å². The molecule has 0 saturated carbocycles. The van der Waals surface area contributed by atoms with E-state index in [0.29, 0.717) is 11.5 Å². The van der Waals surface area contributed by atoms with E-state index in [1.807, 2.05) is 36.4 Å². The summed E-state index contributed by atoms with van der Waals surface area (Å²) in [6.07, 6.45) is 0. The van der Waals surface area contributed by atoms with Gasteiger partial charge >= 0.3 is 5.84 Å². The highest BCUT2D eigenvalue weighted by atomic mass is 80.0. The third kappa shape index (κ3) is 7.00. The third-order valence-corrected chi connectivity index (χ3v) is 7.05. The number of hydrogen-bond donors (Lipinski definition) is 0. The Labute approximate surface area is 206 Å². The standard InChI is InChI=1S/C14H8Br6ClO2PS/c15-13(16,17)9-5-1-3-7-11(9)22-24(21,25)23-12-8-4-2-6-10(12)14(18,19)20/h1-8H. The van der Waals surface area contributed by atoms with Crippen molar-refractivity contribution in [2.45, 2.75) is 4.29 Å². The Kier molecular flexibility index (Phi) is 8.44. The van der Waals surface area contributed by atoms with Crippen LogP contribution >= 0.6 is 113 Å². The molecule has 0 aliphatic carbocycles. The second kappa shape index (κ2) is 9.12. The molecule has 0 aliphatic heterocycles. The Morgan fingerprint density at radius 1 is 0.720 bits per heavy atom. The highest BCUT2D eigenvalue weighted by molar-refractivity contribution is 9.39. The fourth-order valence-corrected chi connectivity index (χ4v) is 5.53. The molecule has 0 N–H and O–H groups in total. The SMILES string of the molecule is S=P(Cl)(Oc1ccccc1C(Br)(Br)Br)Oc1ccccc1C(Br)(Br)Br. The molecule has 0 amide bonds. The van der Waals surface area contributed by atoms with Crippen molar-refractivity contribution in [2.24, 2.45) is 0 Å². The Morgan fingerprint density at radius 2 is 1.04 bits per heavy atom. The molecule has 2 nitrogen and oxygen atoms in total. The fourth-order valence-electron chi connectivity index (χ4n) is 1.81. The van der Waals surface area contributed by atoms with Crippen LogP contribution in [0.2, 0.25) is 0 Å². The van der Waals surface area contributed by atoms with Gasteiger partial charge in [0.25, 0.3) is 0 Å². The maximum absolute atomic E-state index is 6.44. The lowest BCUT2D eigenvalue weighted by Crippen LogP contribution is -2.05. The molecule has 0 aliphatic rings. The third-order valence-electron chi connectivity index (χ3n) is 2.80. The van der Waals surface area contributed by atoms with Crippen LogP contribution in [0.1, 0.15) is 11.1 Å². The molecule has 2 aromatic rings. The number of halogens is 7. The minimum Gasteiger partial charge on any atom is -0.424 e. The fraction of sp³-hybridized carbons (Fsp3) is 0.143. The second-order valence-corrected chi connectivity index (χ2v) is 22.7. The summed E-state index contributed by atoms with van der Waals surface area (Å²) in [5, 5.41) is 0. The van der Waals surface area contributed by atoms with E-state index < -0.39 is 10.1 Å². The van der Waals surface area contributed by atoms with Crippen molar-refractivity contribution in [1.29, 1.82) is 0 Å². The monoisotopic (exact) mass is 779 g/mol. The average molecular weight is 786 g/mol. The van der Waals surface area contributed by atoms with Gasteiger partial charge in [0.15, 0.2) is 4.29 Å². The van der Waals surface area contributed by atoms with Crippen LogP contribution < -0.4 is 9.05 Å². The van der Waals surface area contributed by atoms with Crippen molar-refractivity contribution >= 4 is 124 Å². The largest absolute Gasteiger partial charge is 0.424 e. The van der Waals surface area contributed by atoms with Crippen molar-refractivity contribution in [3.8, 4) is 11.5 Å². The molecule has 25 heavy (non-hydrogen) atoms. The maximum Gasteiger partial charge on any atom is 0.384 e. The van der Waals surface area contributed by atoms with Gasteiger partial charge in [-0.1, -0.05) is 132 Å². The van der Waals surface area contributed by atoms with Crippen LogP contribution in [0.4, 0.5) is 0 Å². The molecular weight excluding hydrogens is 778 g/mol. The molecule has 2 rings (SSSR count). The summed E-state index contributed by atoms with van der Waals surface area (Å²) in [4.78, 5) is 0. The van der Waals surface area contributed by atoms with Gasteiger partial charge in [0.05, 0.1) is 0 Å². The first kappa shape index (κ1) is 23.1. The van der Waals surface area contributed by atoms with Gasteiger partial charge in [0.2, 0.25) is 0 Å². The summed E-state index contributed by atoms with van der Waals surface area (Å²) >= 11 is 32.7. The first-order chi connectivity index (χ1) is 11.4. The molecule has 0 heterocycles. The van der Waals surface area contributed by atoms with Crippen LogP contribution in [-0.2, 0) is 16.1 Å². The van der Waals surface area contributed by atoms with E-state index >= 15 is 0 Å². The summed E-state index contributed by atoms with van der Waals surface area (Å²) in [6.45, 7) is 0. The first-order valence-corrected chi connectivity index (χ1v) is 14.7. The zero-order valence-electron chi connectivity index (χ0n) is 11.9. The van der Waals surface area contributed by atoms with Gasteiger partial charge in [0, 0.05) is 22.9 Å². The van der Waals surface area contributed by atoms with Gasteiger partial charge in [-0.3, -0.25) is 0 Å². The highest BCUT2D eigenvalue weighted by Gasteiger charge is 2.31. The molecule has 2 aromatic carbocycles. The van der Waals surface area contributed by atoms with Crippen molar-refractivity contribution in [3.63, 3.8) is 0 Å². The normalized spacial score (nSPS) is 12.8. The number of benzene rings is 2. The molecule has 0 spiro atoms. The zero-order valence-corrected chi connectivity index (χ0v) is 23.9. The van der Waals surface area contributed by atoms with E-state index in [1.165, 1.54) is 0 Å². The molecular formula is C14H8Br6ClO2PS. The van der Waals surface area contributed by atoms with Crippen molar-refractivity contribution in [1.82, 2.24) is 0 Å². The van der Waals surface area contributed by atoms with Crippen LogP contribution in [0.3, 0.4) is 0 Å². The van der Waals surface area contributed by atoms with Gasteiger partial charge in [0.1, 0.15) is 11.5 Å². The summed E-state index contributed by atoms with van der Waals surface area (Å²) in [5.74, 6) is -2.14. The predicted octanol–water partition coefficient (Wildman–Crippen LogP) is 9.20. The Hall–Kier alpha value is 1.86.